The molecule has 0 saturated carbocycles. The third kappa shape index (κ3) is 12.3. The highest BCUT2D eigenvalue weighted by atomic mass is 32.2. The van der Waals surface area contributed by atoms with Crippen LogP contribution >= 0.6 is 11.8 Å². The molecule has 0 spiro atoms. The molecular weight excluding hydrogens is 464 g/mol. The number of ketones is 1. The van der Waals surface area contributed by atoms with Crippen LogP contribution in [0.3, 0.4) is 0 Å². The summed E-state index contributed by atoms with van der Waals surface area (Å²) in [7, 11) is 0. The molecule has 1 atom stereocenters. The number of aromatic hydroxyl groups is 1. The highest BCUT2D eigenvalue weighted by molar-refractivity contribution is 7.99. The number of Topliss-reactive ketones (excluding diaryl/α,β-unsaturated/α-hetero) is 1. The summed E-state index contributed by atoms with van der Waals surface area (Å²) in [6.45, 7) is 15.1. The second-order valence-electron chi connectivity index (χ2n) is 12.4. The van der Waals surface area contributed by atoms with E-state index in [0.717, 1.165) is 29.6 Å². The van der Waals surface area contributed by atoms with Crippen LogP contribution in [0.1, 0.15) is 154 Å². The predicted molar refractivity (Wildman–Crippen MR) is 157 cm³/mol. The lowest BCUT2D eigenvalue weighted by molar-refractivity contribution is -0.120. The Kier molecular flexibility index (Phi) is 15.0. The van der Waals surface area contributed by atoms with Gasteiger partial charge < -0.3 is 9.90 Å². The van der Waals surface area contributed by atoms with Crippen molar-refractivity contribution in [3.8, 4) is 5.75 Å². The minimum Gasteiger partial charge on any atom is -0.508 e. The maximum Gasteiger partial charge on any atom is 0.134 e. The van der Waals surface area contributed by atoms with Crippen LogP contribution in [0, 0.1) is 0 Å². The van der Waals surface area contributed by atoms with E-state index in [1.54, 1.807) is 0 Å². The van der Waals surface area contributed by atoms with Crippen molar-refractivity contribution in [2.75, 3.05) is 5.75 Å². The van der Waals surface area contributed by atoms with Gasteiger partial charge in [0.15, 0.2) is 0 Å². The van der Waals surface area contributed by atoms with E-state index in [1.165, 1.54) is 63.4 Å². The summed E-state index contributed by atoms with van der Waals surface area (Å²) in [4.78, 5) is 23.6. The molecular formula is C32H54O3S. The zero-order chi connectivity index (χ0) is 27.2. The number of carbonyl (C=O) groups excluding carboxylic acids is 2. The van der Waals surface area contributed by atoms with E-state index in [0.29, 0.717) is 25.0 Å². The molecule has 1 aromatic rings. The Balaban J connectivity index is 2.92. The number of hydrogen-bond acceptors (Lipinski definition) is 4. The molecule has 1 unspecified atom stereocenters. The fourth-order valence-corrected chi connectivity index (χ4v) is 6.06. The summed E-state index contributed by atoms with van der Waals surface area (Å²) < 4.78 is 0. The van der Waals surface area contributed by atoms with E-state index in [1.807, 2.05) is 17.8 Å². The van der Waals surface area contributed by atoms with Gasteiger partial charge in [0, 0.05) is 24.5 Å². The number of benzene rings is 1. The van der Waals surface area contributed by atoms with Gasteiger partial charge in [-0.3, -0.25) is 4.79 Å². The first-order chi connectivity index (χ1) is 16.9. The number of aldehydes is 1. The molecule has 1 rings (SSSR count). The van der Waals surface area contributed by atoms with Crippen molar-refractivity contribution in [1.29, 1.82) is 0 Å². The first kappa shape index (κ1) is 32.7. The predicted octanol–water partition coefficient (Wildman–Crippen LogP) is 9.62. The van der Waals surface area contributed by atoms with Crippen LogP contribution in [0.4, 0.5) is 0 Å². The third-order valence-electron chi connectivity index (χ3n) is 6.90. The molecule has 0 heterocycles. The first-order valence-electron chi connectivity index (χ1n) is 14.4. The van der Waals surface area contributed by atoms with Crippen molar-refractivity contribution >= 4 is 23.8 Å². The van der Waals surface area contributed by atoms with E-state index < -0.39 is 0 Å². The number of unbranched alkanes of at least 4 members (excludes halogenated alkanes) is 9. The highest BCUT2D eigenvalue weighted by Crippen LogP contribution is 2.44. The summed E-state index contributed by atoms with van der Waals surface area (Å²) in [5.74, 6) is 1.51. The monoisotopic (exact) mass is 518 g/mol. The van der Waals surface area contributed by atoms with Gasteiger partial charge in [-0.2, -0.15) is 11.8 Å². The van der Waals surface area contributed by atoms with Crippen molar-refractivity contribution in [2.45, 2.75) is 148 Å². The zero-order valence-electron chi connectivity index (χ0n) is 24.4. The van der Waals surface area contributed by atoms with Gasteiger partial charge in [-0.1, -0.05) is 112 Å². The summed E-state index contributed by atoms with van der Waals surface area (Å²) in [6, 6.07) is 4.08. The Hall–Kier alpha value is -1.29. The first-order valence-corrected chi connectivity index (χ1v) is 15.4. The largest absolute Gasteiger partial charge is 0.508 e. The number of rotatable bonds is 18. The number of thioether (sulfide) groups is 1. The smallest absolute Gasteiger partial charge is 0.134 e. The SMILES string of the molecule is CCCCCCCCCCCCSC(CC(=O)CCC=O)c1cc(C(C)(C)C)c(O)cc1C(C)(C)C. The van der Waals surface area contributed by atoms with Crippen LogP contribution in [0.15, 0.2) is 12.1 Å². The minimum atomic E-state index is -0.192. The van der Waals surface area contributed by atoms with E-state index >= 15 is 0 Å². The molecule has 0 amide bonds. The number of phenolic OH excluding ortho intramolecular Hbond substituents is 1. The average molecular weight is 519 g/mol. The van der Waals surface area contributed by atoms with E-state index in [2.05, 4.69) is 54.5 Å². The molecule has 4 heteroatoms. The lowest BCUT2D eigenvalue weighted by Gasteiger charge is -2.31. The summed E-state index contributed by atoms with van der Waals surface area (Å²) in [5, 5.41) is 10.9. The van der Waals surface area contributed by atoms with Crippen molar-refractivity contribution in [3.63, 3.8) is 0 Å². The number of phenols is 1. The fraction of sp³-hybridized carbons (Fsp3) is 0.750. The number of hydrogen-bond donors (Lipinski definition) is 1. The minimum absolute atomic E-state index is 0.0404. The van der Waals surface area contributed by atoms with Gasteiger partial charge >= 0.3 is 0 Å². The topological polar surface area (TPSA) is 54.4 Å². The van der Waals surface area contributed by atoms with Gasteiger partial charge in [-0.25, -0.2) is 0 Å². The molecule has 3 nitrogen and oxygen atoms in total. The lowest BCUT2D eigenvalue weighted by atomic mass is 9.77. The van der Waals surface area contributed by atoms with Crippen LogP contribution < -0.4 is 0 Å². The standard InChI is InChI=1S/C32H54O3S/c1-8-9-10-11-12-13-14-15-16-17-21-36-30(22-25(34)19-18-20-33)26-23-28(32(5,6)7)29(35)24-27(26)31(2,3)4/h20,23-24,30,35H,8-19,21-22H2,1-7H3. The molecule has 36 heavy (non-hydrogen) atoms. The van der Waals surface area contributed by atoms with E-state index in [-0.39, 0.29) is 21.9 Å². The zero-order valence-corrected chi connectivity index (χ0v) is 25.2. The molecule has 206 valence electrons. The molecule has 1 aromatic carbocycles. The average Bonchev–Trinajstić information content (AvgIpc) is 2.79. The molecule has 0 aromatic heterocycles. The molecule has 0 fully saturated rings. The Morgan fingerprint density at radius 3 is 1.89 bits per heavy atom. The van der Waals surface area contributed by atoms with Crippen LogP contribution in [-0.2, 0) is 20.4 Å². The quantitative estimate of drug-likeness (QED) is 0.155. The Morgan fingerprint density at radius 1 is 0.861 bits per heavy atom. The van der Waals surface area contributed by atoms with Crippen LogP contribution in [0.2, 0.25) is 0 Å². The molecule has 0 aliphatic heterocycles. The molecule has 1 N–H and O–H groups in total. The Labute approximate surface area is 226 Å². The molecule has 0 aliphatic rings. The Bertz CT molecular complexity index is 786. The maximum absolute atomic E-state index is 12.8. The van der Waals surface area contributed by atoms with Crippen LogP contribution in [0.25, 0.3) is 0 Å². The maximum atomic E-state index is 12.8. The van der Waals surface area contributed by atoms with E-state index in [9.17, 15) is 14.7 Å². The fourth-order valence-electron chi connectivity index (χ4n) is 4.72. The highest BCUT2D eigenvalue weighted by Gasteiger charge is 2.29. The Morgan fingerprint density at radius 2 is 1.39 bits per heavy atom. The van der Waals surface area contributed by atoms with Crippen molar-refractivity contribution in [2.24, 2.45) is 0 Å². The van der Waals surface area contributed by atoms with Gasteiger partial charge in [0.25, 0.3) is 0 Å². The number of carbonyl (C=O) groups is 2. The van der Waals surface area contributed by atoms with Crippen molar-refractivity contribution in [3.05, 3.63) is 28.8 Å². The van der Waals surface area contributed by atoms with Crippen molar-refractivity contribution < 1.29 is 14.7 Å². The molecule has 0 bridgehead atoms. The summed E-state index contributed by atoms with van der Waals surface area (Å²) in [6.07, 6.45) is 15.0. The molecule has 0 radical (unpaired) electrons. The molecule has 0 saturated heterocycles. The van der Waals surface area contributed by atoms with Crippen LogP contribution in [0.5, 0.6) is 5.75 Å². The van der Waals surface area contributed by atoms with Crippen molar-refractivity contribution in [1.82, 2.24) is 0 Å². The second kappa shape index (κ2) is 16.5. The van der Waals surface area contributed by atoms with Gasteiger partial charge in [-0.05, 0) is 45.8 Å². The van der Waals surface area contributed by atoms with Gasteiger partial charge in [0.05, 0.1) is 0 Å². The summed E-state index contributed by atoms with van der Waals surface area (Å²) in [5.41, 5.74) is 2.86. The van der Waals surface area contributed by atoms with Gasteiger partial charge in [0.2, 0.25) is 0 Å². The van der Waals surface area contributed by atoms with Gasteiger partial charge in [0.1, 0.15) is 17.8 Å². The molecule has 0 aliphatic carbocycles. The second-order valence-corrected chi connectivity index (χ2v) is 13.8. The summed E-state index contributed by atoms with van der Waals surface area (Å²) >= 11 is 1.88. The van der Waals surface area contributed by atoms with E-state index in [4.69, 9.17) is 0 Å². The normalized spacial score (nSPS) is 13.1. The van der Waals surface area contributed by atoms with Crippen LogP contribution in [-0.4, -0.2) is 22.9 Å². The van der Waals surface area contributed by atoms with Gasteiger partial charge in [-0.15, -0.1) is 0 Å². The lowest BCUT2D eigenvalue weighted by Crippen LogP contribution is -2.20. The third-order valence-corrected chi connectivity index (χ3v) is 8.25.